The Balaban J connectivity index is 3.45. The minimum absolute atomic E-state index is 0.165. The standard InChI is InChI=1S/C9H11NO3/c1-3-10-5-6(2)4-7(8(10)11)9(12)13/h4-5H,3H2,1-2H3,(H,12,13). The van der Waals surface area contributed by atoms with Gasteiger partial charge >= 0.3 is 5.97 Å². The summed E-state index contributed by atoms with van der Waals surface area (Å²) in [7, 11) is 0. The highest BCUT2D eigenvalue weighted by Gasteiger charge is 2.10. The molecule has 0 bridgehead atoms. The Morgan fingerprint density at radius 2 is 2.23 bits per heavy atom. The molecule has 1 aromatic heterocycles. The van der Waals surface area contributed by atoms with E-state index in [0.717, 1.165) is 5.56 Å². The molecule has 0 aliphatic heterocycles. The number of nitrogens with zero attached hydrogens (tertiary/aromatic N) is 1. The zero-order valence-corrected chi connectivity index (χ0v) is 7.57. The van der Waals surface area contributed by atoms with Gasteiger partial charge in [0, 0.05) is 12.7 Å². The number of pyridine rings is 1. The van der Waals surface area contributed by atoms with Gasteiger partial charge in [-0.25, -0.2) is 4.79 Å². The quantitative estimate of drug-likeness (QED) is 0.736. The van der Waals surface area contributed by atoms with Crippen LogP contribution in [0, 0.1) is 6.92 Å². The van der Waals surface area contributed by atoms with Gasteiger partial charge in [-0.1, -0.05) is 0 Å². The van der Waals surface area contributed by atoms with Crippen LogP contribution < -0.4 is 5.56 Å². The molecule has 0 fully saturated rings. The number of aryl methyl sites for hydroxylation is 2. The van der Waals surface area contributed by atoms with Gasteiger partial charge in [0.1, 0.15) is 5.56 Å². The van der Waals surface area contributed by atoms with E-state index in [1.54, 1.807) is 20.0 Å². The van der Waals surface area contributed by atoms with Crippen molar-refractivity contribution in [2.45, 2.75) is 20.4 Å². The summed E-state index contributed by atoms with van der Waals surface area (Å²) in [6, 6.07) is 1.39. The first kappa shape index (κ1) is 9.51. The fourth-order valence-corrected chi connectivity index (χ4v) is 1.17. The van der Waals surface area contributed by atoms with Gasteiger partial charge in [0.2, 0.25) is 0 Å². The molecule has 1 aromatic rings. The summed E-state index contributed by atoms with van der Waals surface area (Å²) < 4.78 is 1.39. The summed E-state index contributed by atoms with van der Waals surface area (Å²) in [5, 5.41) is 8.70. The molecule has 0 amide bonds. The van der Waals surface area contributed by atoms with E-state index in [0.29, 0.717) is 6.54 Å². The molecule has 4 nitrogen and oxygen atoms in total. The Bertz CT molecular complexity index is 392. The van der Waals surface area contributed by atoms with Crippen LogP contribution in [-0.2, 0) is 6.54 Å². The van der Waals surface area contributed by atoms with Crippen LogP contribution in [0.15, 0.2) is 17.1 Å². The lowest BCUT2D eigenvalue weighted by atomic mass is 10.2. The van der Waals surface area contributed by atoms with Crippen molar-refractivity contribution in [1.82, 2.24) is 4.57 Å². The van der Waals surface area contributed by atoms with Crippen LogP contribution in [0.4, 0.5) is 0 Å². The van der Waals surface area contributed by atoms with Gasteiger partial charge in [-0.05, 0) is 25.5 Å². The van der Waals surface area contributed by atoms with E-state index in [-0.39, 0.29) is 5.56 Å². The molecule has 0 saturated heterocycles. The third-order valence-electron chi connectivity index (χ3n) is 1.79. The summed E-state index contributed by atoms with van der Waals surface area (Å²) in [4.78, 5) is 22.0. The average Bonchev–Trinajstić information content (AvgIpc) is 2.08. The van der Waals surface area contributed by atoms with Gasteiger partial charge in [-0.15, -0.1) is 0 Å². The lowest BCUT2D eigenvalue weighted by molar-refractivity contribution is 0.0694. The molecule has 1 N–H and O–H groups in total. The fraction of sp³-hybridized carbons (Fsp3) is 0.333. The number of carboxylic acid groups (broad SMARTS) is 1. The Labute approximate surface area is 75.4 Å². The third kappa shape index (κ3) is 1.77. The summed E-state index contributed by atoms with van der Waals surface area (Å²) in [6.07, 6.45) is 1.65. The molecule has 0 radical (unpaired) electrons. The van der Waals surface area contributed by atoms with Crippen LogP contribution in [0.2, 0.25) is 0 Å². The fourth-order valence-electron chi connectivity index (χ4n) is 1.17. The zero-order valence-electron chi connectivity index (χ0n) is 7.57. The molecule has 0 unspecified atom stereocenters. The van der Waals surface area contributed by atoms with Crippen LogP contribution >= 0.6 is 0 Å². The molecule has 0 aliphatic rings. The maximum absolute atomic E-state index is 11.4. The molecular weight excluding hydrogens is 170 g/mol. The average molecular weight is 181 g/mol. The molecule has 13 heavy (non-hydrogen) atoms. The van der Waals surface area contributed by atoms with E-state index in [9.17, 15) is 9.59 Å². The molecule has 1 rings (SSSR count). The maximum Gasteiger partial charge on any atom is 0.341 e. The van der Waals surface area contributed by atoms with Crippen molar-refractivity contribution in [2.75, 3.05) is 0 Å². The lowest BCUT2D eigenvalue weighted by Crippen LogP contribution is -2.25. The van der Waals surface area contributed by atoms with Crippen molar-refractivity contribution >= 4 is 5.97 Å². The van der Waals surface area contributed by atoms with Crippen LogP contribution in [0.25, 0.3) is 0 Å². The van der Waals surface area contributed by atoms with Crippen molar-refractivity contribution in [3.8, 4) is 0 Å². The molecule has 0 atom stereocenters. The number of hydrogen-bond acceptors (Lipinski definition) is 2. The van der Waals surface area contributed by atoms with E-state index in [2.05, 4.69) is 0 Å². The van der Waals surface area contributed by atoms with E-state index in [1.807, 2.05) is 0 Å². The van der Waals surface area contributed by atoms with E-state index in [1.165, 1.54) is 10.6 Å². The van der Waals surface area contributed by atoms with Gasteiger partial charge in [-0.3, -0.25) is 4.79 Å². The molecule has 70 valence electrons. The minimum atomic E-state index is -1.17. The van der Waals surface area contributed by atoms with E-state index < -0.39 is 11.5 Å². The predicted octanol–water partition coefficient (Wildman–Crippen LogP) is 0.875. The van der Waals surface area contributed by atoms with E-state index >= 15 is 0 Å². The first-order chi connectivity index (χ1) is 6.06. The first-order valence-corrected chi connectivity index (χ1v) is 4.00. The summed E-state index contributed by atoms with van der Waals surface area (Å²) >= 11 is 0. The highest BCUT2D eigenvalue weighted by Crippen LogP contribution is 1.98. The number of aromatic nitrogens is 1. The number of carbonyl (C=O) groups is 1. The largest absolute Gasteiger partial charge is 0.477 e. The molecular formula is C9H11NO3. The second kappa shape index (κ2) is 3.43. The Hall–Kier alpha value is -1.58. The summed E-state index contributed by atoms with van der Waals surface area (Å²) in [5.41, 5.74) is 0.168. The summed E-state index contributed by atoms with van der Waals surface area (Å²) in [6.45, 7) is 4.05. The molecule has 0 saturated carbocycles. The van der Waals surface area contributed by atoms with Crippen LogP contribution in [0.3, 0.4) is 0 Å². The molecule has 0 aliphatic carbocycles. The van der Waals surface area contributed by atoms with Crippen molar-refractivity contribution in [3.63, 3.8) is 0 Å². The SMILES string of the molecule is CCn1cc(C)cc(C(=O)O)c1=O. The predicted molar refractivity (Wildman–Crippen MR) is 48.1 cm³/mol. The monoisotopic (exact) mass is 181 g/mol. The maximum atomic E-state index is 11.4. The molecule has 0 aromatic carbocycles. The molecule has 0 spiro atoms. The number of rotatable bonds is 2. The normalized spacial score (nSPS) is 10.0. The highest BCUT2D eigenvalue weighted by atomic mass is 16.4. The number of hydrogen-bond donors (Lipinski definition) is 1. The third-order valence-corrected chi connectivity index (χ3v) is 1.79. The van der Waals surface area contributed by atoms with E-state index in [4.69, 9.17) is 5.11 Å². The van der Waals surface area contributed by atoms with Gasteiger partial charge in [-0.2, -0.15) is 0 Å². The van der Waals surface area contributed by atoms with Gasteiger partial charge in [0.15, 0.2) is 0 Å². The second-order valence-corrected chi connectivity index (χ2v) is 2.83. The van der Waals surface area contributed by atoms with Gasteiger partial charge < -0.3 is 9.67 Å². The Kier molecular flexibility index (Phi) is 2.51. The lowest BCUT2D eigenvalue weighted by Gasteiger charge is -2.04. The topological polar surface area (TPSA) is 59.3 Å². The first-order valence-electron chi connectivity index (χ1n) is 4.00. The van der Waals surface area contributed by atoms with Crippen LogP contribution in [-0.4, -0.2) is 15.6 Å². The molecule has 4 heteroatoms. The Morgan fingerprint density at radius 1 is 1.62 bits per heavy atom. The smallest absolute Gasteiger partial charge is 0.341 e. The highest BCUT2D eigenvalue weighted by molar-refractivity contribution is 5.87. The van der Waals surface area contributed by atoms with Crippen LogP contribution in [0.5, 0.6) is 0 Å². The number of carboxylic acids is 1. The number of aromatic carboxylic acids is 1. The molecule has 1 heterocycles. The second-order valence-electron chi connectivity index (χ2n) is 2.83. The van der Waals surface area contributed by atoms with Gasteiger partial charge in [0.25, 0.3) is 5.56 Å². The zero-order chi connectivity index (χ0) is 10.0. The van der Waals surface area contributed by atoms with Crippen molar-refractivity contribution < 1.29 is 9.90 Å². The van der Waals surface area contributed by atoms with Crippen LogP contribution in [0.1, 0.15) is 22.8 Å². The van der Waals surface area contributed by atoms with Crippen molar-refractivity contribution in [1.29, 1.82) is 0 Å². The van der Waals surface area contributed by atoms with Crippen molar-refractivity contribution in [2.24, 2.45) is 0 Å². The minimum Gasteiger partial charge on any atom is -0.477 e. The van der Waals surface area contributed by atoms with Crippen molar-refractivity contribution in [3.05, 3.63) is 33.7 Å². The Morgan fingerprint density at radius 3 is 2.69 bits per heavy atom. The van der Waals surface area contributed by atoms with Gasteiger partial charge in [0.05, 0.1) is 0 Å². The summed E-state index contributed by atoms with van der Waals surface area (Å²) in [5.74, 6) is -1.17.